The van der Waals surface area contributed by atoms with E-state index in [9.17, 15) is 14.0 Å². The molecular weight excluding hydrogens is 451 g/mol. The largest absolute Gasteiger partial charge is 0.292 e. The first kappa shape index (κ1) is 20.5. The summed E-state index contributed by atoms with van der Waals surface area (Å²) < 4.78 is 15.9. The minimum absolute atomic E-state index is 0.128. The molecule has 9 heteroatoms. The third-order valence-electron chi connectivity index (χ3n) is 5.24. The summed E-state index contributed by atoms with van der Waals surface area (Å²) in [4.78, 5) is 35.6. The van der Waals surface area contributed by atoms with Gasteiger partial charge in [-0.1, -0.05) is 23.7 Å². The molecule has 0 radical (unpaired) electrons. The van der Waals surface area contributed by atoms with Crippen LogP contribution in [0.5, 0.6) is 0 Å². The van der Waals surface area contributed by atoms with Crippen LogP contribution in [0.4, 0.5) is 15.2 Å². The van der Waals surface area contributed by atoms with E-state index in [2.05, 4.69) is 9.97 Å². The van der Waals surface area contributed by atoms with Crippen molar-refractivity contribution in [3.63, 3.8) is 0 Å². The molecule has 3 heterocycles. The first-order valence-electron chi connectivity index (χ1n) is 9.84. The van der Waals surface area contributed by atoms with Crippen LogP contribution in [0.15, 0.2) is 52.6 Å². The van der Waals surface area contributed by atoms with Gasteiger partial charge in [-0.25, -0.2) is 14.4 Å². The van der Waals surface area contributed by atoms with Crippen LogP contribution in [0.1, 0.15) is 24.9 Å². The number of halogens is 2. The number of nitrogens with zero attached hydrogens (tertiary/aromatic N) is 4. The molecule has 0 unspecified atom stereocenters. The van der Waals surface area contributed by atoms with Gasteiger partial charge in [-0.15, -0.1) is 11.3 Å². The molecule has 0 bridgehead atoms. The third-order valence-corrected chi connectivity index (χ3v) is 6.32. The number of carbonyl (C=O) groups excluding carboxylic acids is 1. The van der Waals surface area contributed by atoms with Crippen LogP contribution in [0.3, 0.4) is 0 Å². The van der Waals surface area contributed by atoms with Crippen molar-refractivity contribution in [1.82, 2.24) is 14.5 Å². The highest BCUT2D eigenvalue weighted by Crippen LogP contribution is 2.33. The Labute approximate surface area is 191 Å². The number of carbonyl (C=O) groups is 1. The van der Waals surface area contributed by atoms with Gasteiger partial charge in [0.25, 0.3) is 5.56 Å². The van der Waals surface area contributed by atoms with Gasteiger partial charge >= 0.3 is 0 Å². The summed E-state index contributed by atoms with van der Waals surface area (Å²) in [5.74, 6) is -0.247. The summed E-state index contributed by atoms with van der Waals surface area (Å²) in [6.45, 7) is 1.88. The molecule has 0 N–H and O–H groups in total. The minimum atomic E-state index is -0.502. The molecule has 160 valence electrons. The van der Waals surface area contributed by atoms with Crippen LogP contribution in [0, 0.1) is 5.82 Å². The lowest BCUT2D eigenvalue weighted by Crippen LogP contribution is -2.23. The number of allylic oxidation sites excluding steroid dienone is 1. The fourth-order valence-corrected chi connectivity index (χ4v) is 4.80. The van der Waals surface area contributed by atoms with Crippen LogP contribution in [-0.4, -0.2) is 20.4 Å². The van der Waals surface area contributed by atoms with Crippen molar-refractivity contribution in [3.8, 4) is 0 Å². The van der Waals surface area contributed by atoms with Crippen LogP contribution >= 0.6 is 22.9 Å². The first-order chi connectivity index (χ1) is 15.4. The topological polar surface area (TPSA) is 68.1 Å². The lowest BCUT2D eigenvalue weighted by atomic mass is 10.2. The molecule has 1 aliphatic heterocycles. The van der Waals surface area contributed by atoms with E-state index in [1.807, 2.05) is 6.08 Å². The van der Waals surface area contributed by atoms with Gasteiger partial charge in [-0.2, -0.15) is 0 Å². The molecule has 0 saturated carbocycles. The van der Waals surface area contributed by atoms with Gasteiger partial charge in [0.15, 0.2) is 5.13 Å². The predicted octanol–water partition coefficient (Wildman–Crippen LogP) is 5.27. The van der Waals surface area contributed by atoms with Gasteiger partial charge in [0, 0.05) is 23.9 Å². The molecule has 0 fully saturated rings. The lowest BCUT2D eigenvalue weighted by Gasteiger charge is -2.18. The van der Waals surface area contributed by atoms with E-state index in [0.717, 1.165) is 5.57 Å². The quantitative estimate of drug-likeness (QED) is 0.412. The van der Waals surface area contributed by atoms with Crippen LogP contribution in [-0.2, 0) is 11.3 Å². The van der Waals surface area contributed by atoms with Crippen molar-refractivity contribution in [2.45, 2.75) is 19.9 Å². The van der Waals surface area contributed by atoms with Crippen molar-refractivity contribution in [2.75, 3.05) is 4.90 Å². The summed E-state index contributed by atoms with van der Waals surface area (Å²) >= 11 is 7.28. The number of benzene rings is 2. The van der Waals surface area contributed by atoms with E-state index < -0.39 is 5.82 Å². The Morgan fingerprint density at radius 3 is 2.84 bits per heavy atom. The lowest BCUT2D eigenvalue weighted by molar-refractivity contribution is -0.115. The van der Waals surface area contributed by atoms with E-state index in [1.165, 1.54) is 35.3 Å². The summed E-state index contributed by atoms with van der Waals surface area (Å²) in [5, 5.41) is 3.14. The predicted molar refractivity (Wildman–Crippen MR) is 125 cm³/mol. The minimum Gasteiger partial charge on any atom is -0.292 e. The molecule has 0 spiro atoms. The molecule has 1 aliphatic rings. The number of thiazole rings is 1. The molecule has 5 rings (SSSR count). The van der Waals surface area contributed by atoms with Gasteiger partial charge in [0.2, 0.25) is 5.91 Å². The van der Waals surface area contributed by atoms with E-state index in [-0.39, 0.29) is 17.2 Å². The highest BCUT2D eigenvalue weighted by atomic mass is 35.5. The van der Waals surface area contributed by atoms with Crippen molar-refractivity contribution in [1.29, 1.82) is 0 Å². The fourth-order valence-electron chi connectivity index (χ4n) is 3.79. The molecule has 6 nitrogen and oxygen atoms in total. The van der Waals surface area contributed by atoms with E-state index in [1.54, 1.807) is 40.3 Å². The maximum Gasteiger partial charge on any atom is 0.261 e. The maximum absolute atomic E-state index is 14.3. The SMILES string of the molecule is CC(=O)N(c1nc(C=C2CCn3c2nc2ccc(Cl)cc2c3=O)cs1)c1ccccc1F. The number of aromatic nitrogens is 3. The Kier molecular flexibility index (Phi) is 5.11. The van der Waals surface area contributed by atoms with Gasteiger partial charge in [0.1, 0.15) is 11.6 Å². The average Bonchev–Trinajstić information content (AvgIpc) is 3.38. The number of hydrogen-bond donors (Lipinski definition) is 0. The van der Waals surface area contributed by atoms with E-state index in [4.69, 9.17) is 11.6 Å². The number of fused-ring (bicyclic) bond motifs is 2. The zero-order valence-electron chi connectivity index (χ0n) is 16.9. The standard InChI is InChI=1S/C23H16ClFN4O2S/c1-13(30)29(20-5-3-2-4-18(20)25)23-26-16(12-32-23)10-14-8-9-28-21(14)27-19-7-6-15(24)11-17(19)22(28)31/h2-7,10-12H,8-9H2,1H3. The molecule has 1 amide bonds. The third kappa shape index (κ3) is 3.51. The van der Waals surface area contributed by atoms with Crippen molar-refractivity contribution < 1.29 is 9.18 Å². The summed E-state index contributed by atoms with van der Waals surface area (Å²) in [7, 11) is 0. The monoisotopic (exact) mass is 466 g/mol. The number of amides is 1. The van der Waals surface area contributed by atoms with Gasteiger partial charge in [-0.05, 0) is 48.4 Å². The van der Waals surface area contributed by atoms with Crippen molar-refractivity contribution in [2.24, 2.45) is 0 Å². The Hall–Kier alpha value is -3.36. The second kappa shape index (κ2) is 7.96. The first-order valence-corrected chi connectivity index (χ1v) is 11.1. The Balaban J connectivity index is 1.54. The number of rotatable bonds is 3. The molecule has 0 saturated heterocycles. The molecule has 4 aromatic rings. The van der Waals surface area contributed by atoms with Crippen molar-refractivity contribution in [3.05, 3.63) is 80.6 Å². The molecule has 32 heavy (non-hydrogen) atoms. The van der Waals surface area contributed by atoms with E-state index >= 15 is 0 Å². The van der Waals surface area contributed by atoms with Gasteiger partial charge in [0.05, 0.1) is 22.3 Å². The second-order valence-electron chi connectivity index (χ2n) is 7.33. The summed E-state index contributed by atoms with van der Waals surface area (Å²) in [6, 6.07) is 11.1. The maximum atomic E-state index is 14.3. The molecule has 2 aromatic carbocycles. The highest BCUT2D eigenvalue weighted by molar-refractivity contribution is 7.14. The van der Waals surface area contributed by atoms with Crippen molar-refractivity contribution >= 4 is 62.2 Å². The van der Waals surface area contributed by atoms with Gasteiger partial charge < -0.3 is 0 Å². The molecule has 0 aliphatic carbocycles. The number of para-hydroxylation sites is 1. The second-order valence-corrected chi connectivity index (χ2v) is 8.61. The summed E-state index contributed by atoms with van der Waals surface area (Å²) in [5.41, 5.74) is 2.09. The summed E-state index contributed by atoms with van der Waals surface area (Å²) in [6.07, 6.45) is 2.48. The Morgan fingerprint density at radius 1 is 1.25 bits per heavy atom. The molecule has 2 aromatic heterocycles. The highest BCUT2D eigenvalue weighted by Gasteiger charge is 2.23. The zero-order chi connectivity index (χ0) is 22.4. The van der Waals surface area contributed by atoms with Gasteiger partial charge in [-0.3, -0.25) is 19.1 Å². The molecule has 0 atom stereocenters. The smallest absolute Gasteiger partial charge is 0.261 e. The Bertz CT molecular complexity index is 1480. The zero-order valence-corrected chi connectivity index (χ0v) is 18.5. The average molecular weight is 467 g/mol. The molecular formula is C23H16ClFN4O2S. The fraction of sp³-hybridized carbons (Fsp3) is 0.130. The number of hydrogen-bond acceptors (Lipinski definition) is 5. The van der Waals surface area contributed by atoms with Crippen LogP contribution in [0.25, 0.3) is 22.6 Å². The van der Waals surface area contributed by atoms with E-state index in [0.29, 0.717) is 45.5 Å². The van der Waals surface area contributed by atoms with Crippen LogP contribution in [0.2, 0.25) is 5.02 Å². The number of anilines is 2. The van der Waals surface area contributed by atoms with Crippen LogP contribution < -0.4 is 10.5 Å². The Morgan fingerprint density at radius 2 is 2.06 bits per heavy atom. The normalized spacial score (nSPS) is 14.2.